The normalized spacial score (nSPS) is 12.5. The number of alkyl halides is 2. The molecule has 1 atom stereocenters. The summed E-state index contributed by atoms with van der Waals surface area (Å²) in [5.41, 5.74) is 0.817. The average Bonchev–Trinajstić information content (AvgIpc) is 2.43. The van der Waals surface area contributed by atoms with E-state index in [4.69, 9.17) is 9.84 Å². The molecule has 6 heteroatoms. The van der Waals surface area contributed by atoms with Crippen LogP contribution in [0.25, 0.3) is 0 Å². The van der Waals surface area contributed by atoms with Gasteiger partial charge in [0, 0.05) is 19.2 Å². The fourth-order valence-corrected chi connectivity index (χ4v) is 1.89. The molecule has 0 spiro atoms. The number of hydrogen-bond acceptors (Lipinski definition) is 4. The van der Waals surface area contributed by atoms with Crippen LogP contribution in [0.5, 0.6) is 11.5 Å². The molecule has 1 aromatic carbocycles. The second-order valence-corrected chi connectivity index (χ2v) is 4.36. The molecule has 0 fully saturated rings. The Balaban J connectivity index is 2.70. The zero-order chi connectivity index (χ0) is 15.0. The topological polar surface area (TPSA) is 50.7 Å². The Labute approximate surface area is 117 Å². The van der Waals surface area contributed by atoms with Gasteiger partial charge in [0.05, 0.1) is 7.11 Å². The molecule has 0 heterocycles. The van der Waals surface area contributed by atoms with E-state index in [0.29, 0.717) is 13.0 Å². The van der Waals surface area contributed by atoms with E-state index >= 15 is 0 Å². The summed E-state index contributed by atoms with van der Waals surface area (Å²) in [6.07, 6.45) is 1.55. The Hall–Kier alpha value is -1.40. The number of rotatable bonds is 9. The van der Waals surface area contributed by atoms with Crippen molar-refractivity contribution in [2.75, 3.05) is 13.7 Å². The minimum Gasteiger partial charge on any atom is -0.493 e. The van der Waals surface area contributed by atoms with Crippen LogP contribution in [0.3, 0.4) is 0 Å². The summed E-state index contributed by atoms with van der Waals surface area (Å²) in [4.78, 5) is 0. The van der Waals surface area contributed by atoms with Gasteiger partial charge in [-0.2, -0.15) is 8.78 Å². The van der Waals surface area contributed by atoms with Crippen molar-refractivity contribution in [3.8, 4) is 11.5 Å². The van der Waals surface area contributed by atoms with Crippen LogP contribution in [0, 0.1) is 0 Å². The molecule has 1 unspecified atom stereocenters. The first-order valence-corrected chi connectivity index (χ1v) is 6.56. The number of ether oxygens (including phenoxy) is 2. The first-order valence-electron chi connectivity index (χ1n) is 6.56. The van der Waals surface area contributed by atoms with Crippen LogP contribution in [0.2, 0.25) is 0 Å². The molecule has 0 aliphatic heterocycles. The van der Waals surface area contributed by atoms with Crippen LogP contribution in [-0.2, 0) is 6.54 Å². The molecule has 1 rings (SSSR count). The number of nitrogens with one attached hydrogen (secondary N) is 1. The van der Waals surface area contributed by atoms with Gasteiger partial charge in [-0.05, 0) is 30.5 Å². The fraction of sp³-hybridized carbons (Fsp3) is 0.571. The van der Waals surface area contributed by atoms with Crippen molar-refractivity contribution in [3.05, 3.63) is 23.8 Å². The van der Waals surface area contributed by atoms with Crippen LogP contribution in [0.1, 0.15) is 25.3 Å². The Bertz CT molecular complexity index is 402. The number of halogens is 2. The average molecular weight is 289 g/mol. The van der Waals surface area contributed by atoms with Crippen molar-refractivity contribution in [1.29, 1.82) is 0 Å². The highest BCUT2D eigenvalue weighted by Crippen LogP contribution is 2.29. The van der Waals surface area contributed by atoms with Gasteiger partial charge in [0.25, 0.3) is 0 Å². The van der Waals surface area contributed by atoms with E-state index in [2.05, 4.69) is 10.1 Å². The van der Waals surface area contributed by atoms with Gasteiger partial charge >= 0.3 is 6.61 Å². The van der Waals surface area contributed by atoms with Crippen LogP contribution in [0.15, 0.2) is 18.2 Å². The lowest BCUT2D eigenvalue weighted by Crippen LogP contribution is -2.28. The van der Waals surface area contributed by atoms with Gasteiger partial charge in [-0.1, -0.05) is 13.0 Å². The lowest BCUT2D eigenvalue weighted by Gasteiger charge is -2.17. The summed E-state index contributed by atoms with van der Waals surface area (Å²) in [6.45, 7) is -0.229. The van der Waals surface area contributed by atoms with Gasteiger partial charge in [0.2, 0.25) is 0 Å². The maximum Gasteiger partial charge on any atom is 0.387 e. The molecule has 114 valence electrons. The third-order valence-electron chi connectivity index (χ3n) is 3.01. The molecular formula is C14H21F2NO3. The van der Waals surface area contributed by atoms with Crippen molar-refractivity contribution in [1.82, 2.24) is 5.32 Å². The number of hydrogen-bond donors (Lipinski definition) is 2. The Morgan fingerprint density at radius 3 is 2.60 bits per heavy atom. The van der Waals surface area contributed by atoms with Crippen molar-refractivity contribution in [2.45, 2.75) is 39.0 Å². The van der Waals surface area contributed by atoms with Gasteiger partial charge < -0.3 is 19.9 Å². The van der Waals surface area contributed by atoms with E-state index in [1.54, 1.807) is 12.1 Å². The second-order valence-electron chi connectivity index (χ2n) is 4.36. The van der Waals surface area contributed by atoms with Gasteiger partial charge in [-0.15, -0.1) is 0 Å². The van der Waals surface area contributed by atoms with Crippen molar-refractivity contribution in [2.24, 2.45) is 0 Å². The monoisotopic (exact) mass is 289 g/mol. The molecule has 0 bridgehead atoms. The Kier molecular flexibility index (Phi) is 7.25. The van der Waals surface area contributed by atoms with Crippen molar-refractivity contribution < 1.29 is 23.4 Å². The minimum atomic E-state index is -2.88. The number of methoxy groups -OCH3 is 1. The van der Waals surface area contributed by atoms with Gasteiger partial charge in [-0.25, -0.2) is 0 Å². The maximum absolute atomic E-state index is 12.3. The molecule has 4 nitrogen and oxygen atoms in total. The van der Waals surface area contributed by atoms with E-state index < -0.39 is 6.61 Å². The highest BCUT2D eigenvalue weighted by molar-refractivity contribution is 5.43. The van der Waals surface area contributed by atoms with Gasteiger partial charge in [-0.3, -0.25) is 0 Å². The molecule has 0 radical (unpaired) electrons. The molecule has 20 heavy (non-hydrogen) atoms. The molecule has 0 aromatic heterocycles. The Morgan fingerprint density at radius 1 is 1.30 bits per heavy atom. The first kappa shape index (κ1) is 16.7. The molecule has 0 amide bonds. The molecule has 2 N–H and O–H groups in total. The quantitative estimate of drug-likeness (QED) is 0.733. The summed E-state index contributed by atoms with van der Waals surface area (Å²) in [6, 6.07) is 5.11. The molecule has 0 saturated heterocycles. The third-order valence-corrected chi connectivity index (χ3v) is 3.01. The number of aliphatic hydroxyl groups excluding tert-OH is 1. The SMILES string of the molecule is CCC(CCO)NCc1ccc(OC)c(OC(F)F)c1. The Morgan fingerprint density at radius 2 is 2.05 bits per heavy atom. The summed E-state index contributed by atoms with van der Waals surface area (Å²) >= 11 is 0. The van der Waals surface area contributed by atoms with Crippen LogP contribution in [0.4, 0.5) is 8.78 Å². The van der Waals surface area contributed by atoms with E-state index in [0.717, 1.165) is 12.0 Å². The predicted molar refractivity (Wildman–Crippen MR) is 72.2 cm³/mol. The van der Waals surface area contributed by atoms with E-state index in [9.17, 15) is 8.78 Å². The zero-order valence-electron chi connectivity index (χ0n) is 11.7. The van der Waals surface area contributed by atoms with Gasteiger partial charge in [0.15, 0.2) is 11.5 Å². The largest absolute Gasteiger partial charge is 0.493 e. The summed E-state index contributed by atoms with van der Waals surface area (Å²) in [7, 11) is 1.40. The molecule has 0 aliphatic carbocycles. The highest BCUT2D eigenvalue weighted by Gasteiger charge is 2.12. The number of benzene rings is 1. The molecular weight excluding hydrogens is 268 g/mol. The standard InChI is InChI=1S/C14H21F2NO3/c1-3-11(6-7-18)17-9-10-4-5-12(19-2)13(8-10)20-14(15)16/h4-5,8,11,14,17-18H,3,6-7,9H2,1-2H3. The lowest BCUT2D eigenvalue weighted by atomic mass is 10.1. The van der Waals surface area contributed by atoms with Crippen molar-refractivity contribution in [3.63, 3.8) is 0 Å². The van der Waals surface area contributed by atoms with Crippen LogP contribution < -0.4 is 14.8 Å². The van der Waals surface area contributed by atoms with Crippen molar-refractivity contribution >= 4 is 0 Å². The summed E-state index contributed by atoms with van der Waals surface area (Å²) in [5.74, 6) is 0.299. The maximum atomic E-state index is 12.3. The summed E-state index contributed by atoms with van der Waals surface area (Å²) < 4.78 is 34.0. The van der Waals surface area contributed by atoms with Gasteiger partial charge in [0.1, 0.15) is 0 Å². The highest BCUT2D eigenvalue weighted by atomic mass is 19.3. The zero-order valence-corrected chi connectivity index (χ0v) is 11.7. The molecule has 0 aliphatic rings. The fourth-order valence-electron chi connectivity index (χ4n) is 1.89. The number of aliphatic hydroxyl groups is 1. The van der Waals surface area contributed by atoms with E-state index in [1.165, 1.54) is 13.2 Å². The van der Waals surface area contributed by atoms with Crippen LogP contribution >= 0.6 is 0 Å². The predicted octanol–water partition coefficient (Wildman–Crippen LogP) is 2.55. The smallest absolute Gasteiger partial charge is 0.387 e. The first-order chi connectivity index (χ1) is 9.60. The summed E-state index contributed by atoms with van der Waals surface area (Å²) in [5, 5.41) is 12.2. The minimum absolute atomic E-state index is 0.0250. The van der Waals surface area contributed by atoms with Crippen LogP contribution in [-0.4, -0.2) is 31.5 Å². The second kappa shape index (κ2) is 8.71. The molecule has 0 saturated carbocycles. The third kappa shape index (κ3) is 5.30. The van der Waals surface area contributed by atoms with E-state index in [-0.39, 0.29) is 24.1 Å². The van der Waals surface area contributed by atoms with E-state index in [1.807, 2.05) is 6.92 Å². The molecule has 1 aromatic rings. The lowest BCUT2D eigenvalue weighted by molar-refractivity contribution is -0.0512.